The van der Waals surface area contributed by atoms with E-state index in [1.54, 1.807) is 36.4 Å². The van der Waals surface area contributed by atoms with E-state index in [-0.39, 0.29) is 67.1 Å². The number of Topliss-reactive ketones (excluding diaryl/α,β-unsaturated/α-hetero) is 1. The molecular formula is C26H21Cl2N3O5. The Labute approximate surface area is 216 Å². The van der Waals surface area contributed by atoms with Crippen LogP contribution in [0.3, 0.4) is 0 Å². The number of aliphatic imine (C=N–C) groups is 1. The Morgan fingerprint density at radius 3 is 2.58 bits per heavy atom. The highest BCUT2D eigenvalue weighted by atomic mass is 35.5. The SMILES string of the molecule is O=C1CCC(N2Cc3c(N=CC4=C(O)CC(c5cccc(Cl)c5Cl)CC4=O)cccc3C2=O)C(=O)N1. The number of aliphatic hydroxyl groups is 1. The van der Waals surface area contributed by atoms with Crippen molar-refractivity contribution in [3.05, 3.63) is 74.5 Å². The molecule has 3 amide bonds. The summed E-state index contributed by atoms with van der Waals surface area (Å²) in [5.74, 6) is -1.83. The van der Waals surface area contributed by atoms with Gasteiger partial charge in [-0.25, -0.2) is 0 Å². The van der Waals surface area contributed by atoms with Crippen LogP contribution in [0, 0.1) is 0 Å². The van der Waals surface area contributed by atoms with E-state index >= 15 is 0 Å². The van der Waals surface area contributed by atoms with Gasteiger partial charge in [0.15, 0.2) is 5.78 Å². The van der Waals surface area contributed by atoms with E-state index in [2.05, 4.69) is 10.3 Å². The number of fused-ring (bicyclic) bond motifs is 1. The first-order chi connectivity index (χ1) is 17.2. The molecule has 184 valence electrons. The number of nitrogens with zero attached hydrogens (tertiary/aromatic N) is 2. The third-order valence-electron chi connectivity index (χ3n) is 6.79. The standard InChI is InChI=1S/C26H21Cl2N3O5/c27-18-5-1-3-14(24(18)28)13-9-21(32)16(22(33)10-13)11-29-19-6-2-4-15-17(19)12-31(26(15)36)20-7-8-23(34)30-25(20)35/h1-6,11,13,20,32H,7-10,12H2,(H,30,34,35). The summed E-state index contributed by atoms with van der Waals surface area (Å²) in [6.45, 7) is 0.155. The van der Waals surface area contributed by atoms with Gasteiger partial charge < -0.3 is 10.0 Å². The minimum Gasteiger partial charge on any atom is -0.511 e. The molecule has 3 aliphatic rings. The van der Waals surface area contributed by atoms with Gasteiger partial charge in [0.25, 0.3) is 5.91 Å². The largest absolute Gasteiger partial charge is 0.511 e. The molecule has 2 atom stereocenters. The number of imide groups is 1. The molecule has 8 nitrogen and oxygen atoms in total. The number of hydrogen-bond acceptors (Lipinski definition) is 6. The van der Waals surface area contributed by atoms with Crippen molar-refractivity contribution in [2.24, 2.45) is 4.99 Å². The second-order valence-corrected chi connectivity index (χ2v) is 9.78. The van der Waals surface area contributed by atoms with E-state index < -0.39 is 11.9 Å². The number of carbonyl (C=O) groups is 4. The number of amides is 3. The van der Waals surface area contributed by atoms with Gasteiger partial charge in [-0.05, 0) is 36.1 Å². The summed E-state index contributed by atoms with van der Waals surface area (Å²) in [5, 5.41) is 13.7. The van der Waals surface area contributed by atoms with E-state index in [0.717, 1.165) is 0 Å². The van der Waals surface area contributed by atoms with Crippen LogP contribution in [0.25, 0.3) is 0 Å². The zero-order chi connectivity index (χ0) is 25.6. The van der Waals surface area contributed by atoms with Crippen molar-refractivity contribution in [3.63, 3.8) is 0 Å². The molecule has 2 aromatic rings. The lowest BCUT2D eigenvalue weighted by Crippen LogP contribution is -2.52. The van der Waals surface area contributed by atoms with E-state index in [1.807, 2.05) is 0 Å². The number of allylic oxidation sites excluding steroid dienone is 2. The van der Waals surface area contributed by atoms with Crippen molar-refractivity contribution in [1.82, 2.24) is 10.2 Å². The molecule has 0 bridgehead atoms. The fraction of sp³-hybridized carbons (Fsp3) is 0.269. The first-order valence-corrected chi connectivity index (χ1v) is 12.2. The number of nitrogens with one attached hydrogen (secondary N) is 1. The van der Waals surface area contributed by atoms with Gasteiger partial charge in [-0.2, -0.15) is 0 Å². The highest BCUT2D eigenvalue weighted by molar-refractivity contribution is 6.42. The third-order valence-corrected chi connectivity index (χ3v) is 7.63. The van der Waals surface area contributed by atoms with Crippen LogP contribution in [-0.4, -0.2) is 45.8 Å². The molecule has 0 radical (unpaired) electrons. The zero-order valence-corrected chi connectivity index (χ0v) is 20.5. The molecule has 0 spiro atoms. The predicted octanol–water partition coefficient (Wildman–Crippen LogP) is 4.42. The molecule has 0 aromatic heterocycles. The molecule has 5 rings (SSSR count). The Kier molecular flexibility index (Phi) is 6.40. The van der Waals surface area contributed by atoms with Crippen LogP contribution in [0.4, 0.5) is 5.69 Å². The fourth-order valence-electron chi connectivity index (χ4n) is 4.94. The third kappa shape index (κ3) is 4.31. The quantitative estimate of drug-likeness (QED) is 0.452. The summed E-state index contributed by atoms with van der Waals surface area (Å²) in [6, 6.07) is 9.50. The first-order valence-electron chi connectivity index (χ1n) is 11.4. The first kappa shape index (κ1) is 24.2. The lowest BCUT2D eigenvalue weighted by atomic mass is 9.83. The number of benzene rings is 2. The second-order valence-electron chi connectivity index (χ2n) is 8.99. The normalized spacial score (nSPS) is 22.4. The maximum absolute atomic E-state index is 13.0. The minimum absolute atomic E-state index is 0.0927. The maximum Gasteiger partial charge on any atom is 0.255 e. The van der Waals surface area contributed by atoms with Gasteiger partial charge in [-0.1, -0.05) is 41.4 Å². The zero-order valence-electron chi connectivity index (χ0n) is 19.0. The predicted molar refractivity (Wildman–Crippen MR) is 134 cm³/mol. The smallest absolute Gasteiger partial charge is 0.255 e. The van der Waals surface area contributed by atoms with E-state index in [4.69, 9.17) is 23.2 Å². The summed E-state index contributed by atoms with van der Waals surface area (Å²) in [7, 11) is 0. The summed E-state index contributed by atoms with van der Waals surface area (Å²) in [4.78, 5) is 55.6. The molecule has 0 saturated carbocycles. The fourth-order valence-corrected chi connectivity index (χ4v) is 5.40. The molecule has 2 aliphatic heterocycles. The van der Waals surface area contributed by atoms with Crippen molar-refractivity contribution < 1.29 is 24.3 Å². The maximum atomic E-state index is 13.0. The summed E-state index contributed by atoms with van der Waals surface area (Å²) in [5.41, 5.74) is 2.30. The molecule has 10 heteroatoms. The molecule has 1 aliphatic carbocycles. The Hall–Kier alpha value is -3.49. The highest BCUT2D eigenvalue weighted by Crippen LogP contribution is 2.39. The molecule has 2 N–H and O–H groups in total. The average Bonchev–Trinajstić information content (AvgIpc) is 3.17. The van der Waals surface area contributed by atoms with Crippen molar-refractivity contribution in [3.8, 4) is 0 Å². The molecular weight excluding hydrogens is 505 g/mol. The van der Waals surface area contributed by atoms with Gasteiger partial charge in [0.1, 0.15) is 11.8 Å². The van der Waals surface area contributed by atoms with Crippen LogP contribution in [0.15, 0.2) is 52.7 Å². The van der Waals surface area contributed by atoms with E-state index in [9.17, 15) is 24.3 Å². The molecule has 1 fully saturated rings. The Bertz CT molecular complexity index is 1380. The molecule has 1 saturated heterocycles. The highest BCUT2D eigenvalue weighted by Gasteiger charge is 2.40. The average molecular weight is 526 g/mol. The number of carbonyl (C=O) groups excluding carboxylic acids is 4. The lowest BCUT2D eigenvalue weighted by molar-refractivity contribution is -0.137. The van der Waals surface area contributed by atoms with Crippen molar-refractivity contribution in [2.45, 2.75) is 44.2 Å². The minimum atomic E-state index is -0.735. The molecule has 2 unspecified atom stereocenters. The van der Waals surface area contributed by atoms with Gasteiger partial charge in [0, 0.05) is 43.1 Å². The van der Waals surface area contributed by atoms with Gasteiger partial charge in [0.2, 0.25) is 11.8 Å². The number of ketones is 1. The van der Waals surface area contributed by atoms with Crippen LogP contribution < -0.4 is 5.32 Å². The lowest BCUT2D eigenvalue weighted by Gasteiger charge is -2.29. The summed E-state index contributed by atoms with van der Waals surface area (Å²) >= 11 is 12.4. The Morgan fingerprint density at radius 2 is 1.83 bits per heavy atom. The number of halogens is 2. The Balaban J connectivity index is 1.38. The van der Waals surface area contributed by atoms with Crippen molar-refractivity contribution in [2.75, 3.05) is 0 Å². The van der Waals surface area contributed by atoms with Crippen molar-refractivity contribution in [1.29, 1.82) is 0 Å². The summed E-state index contributed by atoms with van der Waals surface area (Å²) < 4.78 is 0. The second kappa shape index (κ2) is 9.52. The summed E-state index contributed by atoms with van der Waals surface area (Å²) in [6.07, 6.45) is 2.10. The van der Waals surface area contributed by atoms with Crippen LogP contribution in [0.2, 0.25) is 10.0 Å². The Morgan fingerprint density at radius 1 is 1.06 bits per heavy atom. The van der Waals surface area contributed by atoms with Gasteiger partial charge in [0.05, 0.1) is 21.3 Å². The van der Waals surface area contributed by atoms with Gasteiger partial charge >= 0.3 is 0 Å². The van der Waals surface area contributed by atoms with Crippen LogP contribution in [0.5, 0.6) is 0 Å². The van der Waals surface area contributed by atoms with Crippen LogP contribution in [-0.2, 0) is 20.9 Å². The van der Waals surface area contributed by atoms with Crippen LogP contribution >= 0.6 is 23.2 Å². The number of hydrogen-bond donors (Lipinski definition) is 2. The van der Waals surface area contributed by atoms with Gasteiger partial charge in [-0.15, -0.1) is 0 Å². The van der Waals surface area contributed by atoms with E-state index in [0.29, 0.717) is 32.4 Å². The molecule has 2 heterocycles. The number of aliphatic hydroxyl groups excluding tert-OH is 1. The number of piperidine rings is 1. The molecule has 36 heavy (non-hydrogen) atoms. The monoisotopic (exact) mass is 525 g/mol. The van der Waals surface area contributed by atoms with Crippen molar-refractivity contribution >= 4 is 58.6 Å². The topological polar surface area (TPSA) is 116 Å². The molecule has 2 aromatic carbocycles. The van der Waals surface area contributed by atoms with Crippen LogP contribution in [0.1, 0.15) is 53.1 Å². The number of rotatable bonds is 4. The van der Waals surface area contributed by atoms with Gasteiger partial charge in [-0.3, -0.25) is 29.5 Å². The van der Waals surface area contributed by atoms with E-state index in [1.165, 1.54) is 11.1 Å².